The van der Waals surface area contributed by atoms with Crippen LogP contribution in [0.2, 0.25) is 0 Å². The van der Waals surface area contributed by atoms with Crippen LogP contribution in [0.4, 0.5) is 11.4 Å². The summed E-state index contributed by atoms with van der Waals surface area (Å²) in [7, 11) is 1.48. The fraction of sp³-hybridized carbons (Fsp3) is 0.115. The van der Waals surface area contributed by atoms with Gasteiger partial charge in [0.2, 0.25) is 0 Å². The molecule has 0 N–H and O–H groups in total. The van der Waals surface area contributed by atoms with E-state index in [2.05, 4.69) is 12.6 Å². The smallest absolute Gasteiger partial charge is 0.270 e. The highest BCUT2D eigenvalue weighted by Crippen LogP contribution is 2.36. The lowest BCUT2D eigenvalue weighted by Gasteiger charge is -2.16. The highest BCUT2D eigenvalue weighted by Gasteiger charge is 2.15. The van der Waals surface area contributed by atoms with Crippen LogP contribution in [0.5, 0.6) is 11.5 Å². The molecule has 0 saturated heterocycles. The molecule has 0 aliphatic rings. The van der Waals surface area contributed by atoms with E-state index >= 15 is 0 Å². The number of nitro groups is 2. The van der Waals surface area contributed by atoms with E-state index in [0.717, 1.165) is 5.56 Å². The van der Waals surface area contributed by atoms with Crippen LogP contribution >= 0.6 is 0 Å². The molecule has 0 amide bonds. The Morgan fingerprint density at radius 1 is 1.06 bits per heavy atom. The molecule has 0 saturated carbocycles. The minimum atomic E-state index is -0.517. The van der Waals surface area contributed by atoms with Crippen molar-refractivity contribution in [1.29, 1.82) is 5.26 Å². The Balaban J connectivity index is 1.98. The SMILES string of the molecule is C=CCc1cc(C=C(C#N)c2cccc([N+](=O)[O-])c2)cc(OC)c1OCc1cccc([N+](=O)[O-])c1. The van der Waals surface area contributed by atoms with Gasteiger partial charge in [-0.3, -0.25) is 20.2 Å². The zero-order valence-electron chi connectivity index (χ0n) is 18.8. The summed E-state index contributed by atoms with van der Waals surface area (Å²) in [5, 5.41) is 31.8. The van der Waals surface area contributed by atoms with E-state index in [1.165, 1.54) is 37.4 Å². The van der Waals surface area contributed by atoms with Crippen molar-refractivity contribution in [3.63, 3.8) is 0 Å². The molecule has 3 aromatic rings. The first-order valence-corrected chi connectivity index (χ1v) is 10.4. The van der Waals surface area contributed by atoms with Crippen LogP contribution in [-0.4, -0.2) is 17.0 Å². The van der Waals surface area contributed by atoms with E-state index < -0.39 is 9.85 Å². The number of hydrogen-bond acceptors (Lipinski definition) is 7. The molecule has 0 heterocycles. The number of benzene rings is 3. The summed E-state index contributed by atoms with van der Waals surface area (Å²) in [6.45, 7) is 3.86. The van der Waals surface area contributed by atoms with Gasteiger partial charge in [-0.15, -0.1) is 6.58 Å². The monoisotopic (exact) mass is 471 g/mol. The van der Waals surface area contributed by atoms with Crippen LogP contribution in [0.3, 0.4) is 0 Å². The Morgan fingerprint density at radius 3 is 2.37 bits per heavy atom. The number of hydrogen-bond donors (Lipinski definition) is 0. The third-order valence-corrected chi connectivity index (χ3v) is 5.04. The minimum Gasteiger partial charge on any atom is -0.493 e. The first-order chi connectivity index (χ1) is 16.9. The Kier molecular flexibility index (Phi) is 7.93. The van der Waals surface area contributed by atoms with Crippen molar-refractivity contribution in [1.82, 2.24) is 0 Å². The standard InChI is InChI=1S/C26H21N3O6/c1-3-6-21-11-19(12-22(16-27)20-8-5-10-24(15-20)29(32)33)14-25(34-2)26(21)35-17-18-7-4-9-23(13-18)28(30)31/h3-5,7-15H,1,6,17H2,2H3. The summed E-state index contributed by atoms with van der Waals surface area (Å²) in [6, 6.07) is 17.6. The molecule has 35 heavy (non-hydrogen) atoms. The van der Waals surface area contributed by atoms with Gasteiger partial charge >= 0.3 is 0 Å². The zero-order valence-corrected chi connectivity index (χ0v) is 18.8. The van der Waals surface area contributed by atoms with E-state index in [1.807, 2.05) is 6.07 Å². The highest BCUT2D eigenvalue weighted by atomic mass is 16.6. The topological polar surface area (TPSA) is 129 Å². The molecule has 0 atom stereocenters. The summed E-state index contributed by atoms with van der Waals surface area (Å²) in [6.07, 6.45) is 3.73. The number of allylic oxidation sites excluding steroid dienone is 2. The van der Waals surface area contributed by atoms with E-state index in [1.54, 1.807) is 36.4 Å². The van der Waals surface area contributed by atoms with Crippen LogP contribution < -0.4 is 9.47 Å². The van der Waals surface area contributed by atoms with Crippen molar-refractivity contribution in [3.8, 4) is 17.6 Å². The molecule has 0 aliphatic carbocycles. The van der Waals surface area contributed by atoms with Gasteiger partial charge in [0.15, 0.2) is 11.5 Å². The first kappa shape index (κ1) is 24.7. The van der Waals surface area contributed by atoms with Crippen LogP contribution in [-0.2, 0) is 13.0 Å². The lowest BCUT2D eigenvalue weighted by molar-refractivity contribution is -0.385. The molecule has 0 aliphatic heterocycles. The van der Waals surface area contributed by atoms with Crippen LogP contribution in [0.25, 0.3) is 11.6 Å². The number of nitriles is 1. The molecule has 9 heteroatoms. The Hall–Kier alpha value is -4.97. The van der Waals surface area contributed by atoms with Gasteiger partial charge in [0, 0.05) is 29.8 Å². The minimum absolute atomic E-state index is 0.0324. The van der Waals surface area contributed by atoms with E-state index in [9.17, 15) is 25.5 Å². The van der Waals surface area contributed by atoms with Crippen molar-refractivity contribution in [2.45, 2.75) is 13.0 Å². The number of non-ortho nitro benzene ring substituents is 2. The summed E-state index contributed by atoms with van der Waals surface area (Å²) < 4.78 is 11.5. The molecule has 0 radical (unpaired) electrons. The number of rotatable bonds is 10. The Labute approximate surface area is 201 Å². The third kappa shape index (κ3) is 6.09. The molecular formula is C26H21N3O6. The quantitative estimate of drug-likeness (QED) is 0.119. The molecule has 0 unspecified atom stereocenters. The molecule has 0 spiro atoms. The van der Waals surface area contributed by atoms with Crippen molar-refractivity contribution in [3.05, 3.63) is 116 Å². The second kappa shape index (κ2) is 11.2. The zero-order chi connectivity index (χ0) is 25.4. The molecule has 0 bridgehead atoms. The van der Waals surface area contributed by atoms with Crippen molar-refractivity contribution in [2.75, 3.05) is 7.11 Å². The average molecular weight is 471 g/mol. The first-order valence-electron chi connectivity index (χ1n) is 10.4. The van der Waals surface area contributed by atoms with Gasteiger partial charge in [0.25, 0.3) is 11.4 Å². The molecule has 3 aromatic carbocycles. The maximum Gasteiger partial charge on any atom is 0.270 e. The number of ether oxygens (including phenoxy) is 2. The fourth-order valence-electron chi connectivity index (χ4n) is 3.44. The molecule has 0 fully saturated rings. The second-order valence-corrected chi connectivity index (χ2v) is 7.40. The van der Waals surface area contributed by atoms with Gasteiger partial charge in [-0.25, -0.2) is 0 Å². The predicted octanol–water partition coefficient (Wildman–Crippen LogP) is 5.88. The maximum absolute atomic E-state index is 11.1. The Morgan fingerprint density at radius 2 is 1.74 bits per heavy atom. The summed E-state index contributed by atoms with van der Waals surface area (Å²) in [4.78, 5) is 21.2. The fourth-order valence-corrected chi connectivity index (χ4v) is 3.44. The number of nitrogens with zero attached hydrogens (tertiary/aromatic N) is 3. The maximum atomic E-state index is 11.1. The molecule has 9 nitrogen and oxygen atoms in total. The molecule has 3 rings (SSSR count). The third-order valence-electron chi connectivity index (χ3n) is 5.04. The van der Waals surface area contributed by atoms with Crippen molar-refractivity contribution in [2.24, 2.45) is 0 Å². The van der Waals surface area contributed by atoms with Gasteiger partial charge in [0.1, 0.15) is 6.61 Å². The van der Waals surface area contributed by atoms with Gasteiger partial charge in [-0.05, 0) is 41.3 Å². The number of nitro benzene ring substituents is 2. The van der Waals surface area contributed by atoms with E-state index in [-0.39, 0.29) is 23.6 Å². The number of methoxy groups -OCH3 is 1. The average Bonchev–Trinajstić information content (AvgIpc) is 2.86. The molecular weight excluding hydrogens is 450 g/mol. The van der Waals surface area contributed by atoms with Crippen LogP contribution in [0.1, 0.15) is 22.3 Å². The van der Waals surface area contributed by atoms with Crippen molar-refractivity contribution < 1.29 is 19.3 Å². The van der Waals surface area contributed by atoms with Crippen molar-refractivity contribution >= 4 is 23.0 Å². The van der Waals surface area contributed by atoms with Gasteiger partial charge in [0.05, 0.1) is 28.6 Å². The summed E-state index contributed by atoms with van der Waals surface area (Å²) in [5.74, 6) is 0.849. The lowest BCUT2D eigenvalue weighted by atomic mass is 10.0. The predicted molar refractivity (Wildman–Crippen MR) is 131 cm³/mol. The summed E-state index contributed by atoms with van der Waals surface area (Å²) >= 11 is 0. The highest BCUT2D eigenvalue weighted by molar-refractivity contribution is 5.90. The second-order valence-electron chi connectivity index (χ2n) is 7.40. The van der Waals surface area contributed by atoms with Gasteiger partial charge < -0.3 is 9.47 Å². The van der Waals surface area contributed by atoms with E-state index in [0.29, 0.717) is 34.6 Å². The Bertz CT molecular complexity index is 1360. The normalized spacial score (nSPS) is 10.8. The summed E-state index contributed by atoms with van der Waals surface area (Å²) in [5.41, 5.74) is 2.49. The largest absolute Gasteiger partial charge is 0.493 e. The lowest BCUT2D eigenvalue weighted by Crippen LogP contribution is -2.02. The van der Waals surface area contributed by atoms with Crippen LogP contribution in [0.15, 0.2) is 73.3 Å². The molecule has 176 valence electrons. The van der Waals surface area contributed by atoms with E-state index in [4.69, 9.17) is 9.47 Å². The molecule has 0 aromatic heterocycles. The van der Waals surface area contributed by atoms with Crippen LogP contribution in [0, 0.1) is 31.6 Å². The van der Waals surface area contributed by atoms with Gasteiger partial charge in [-0.2, -0.15) is 5.26 Å². The van der Waals surface area contributed by atoms with Gasteiger partial charge in [-0.1, -0.05) is 30.3 Å².